The molecule has 5 N–H and O–H groups in total. The number of Topliss-reactive ketones (excluding diaryl/α,β-unsaturated/α-hetero) is 1. The number of carbonyl (C=O) groups is 4. The molecule has 7 atom stereocenters. The van der Waals surface area contributed by atoms with Gasteiger partial charge in [-0.1, -0.05) is 168 Å². The molecule has 0 bridgehead atoms. The number of rotatable bonds is 38. The fourth-order valence-electron chi connectivity index (χ4n) is 7.84. The number of aliphatic hydroxyl groups excluding tert-OH is 3. The number of aliphatic carboxylic acids is 1. The predicted molar refractivity (Wildman–Crippen MR) is 222 cm³/mol. The van der Waals surface area contributed by atoms with E-state index >= 15 is 0 Å². The molecule has 0 radical (unpaired) electrons. The van der Waals surface area contributed by atoms with E-state index in [1.807, 2.05) is 0 Å². The average Bonchev–Trinajstić information content (AvgIpc) is 3.48. The summed E-state index contributed by atoms with van der Waals surface area (Å²) in [6.45, 7) is 5.36. The Kier molecular flexibility index (Phi) is 35.8. The summed E-state index contributed by atoms with van der Waals surface area (Å²) in [5, 5.41) is 47.4. The van der Waals surface area contributed by atoms with Gasteiger partial charge in [-0.3, -0.25) is 14.4 Å². The molecule has 58 heavy (non-hydrogen) atoms. The molecule has 334 valence electrons. The maximum absolute atomic E-state index is 14.0. The zero-order valence-corrected chi connectivity index (χ0v) is 39.3. The van der Waals surface area contributed by atoms with Crippen LogP contribution in [-0.2, 0) is 28.7 Å². The number of hydrogen-bond donors (Lipinski definition) is 5. The van der Waals surface area contributed by atoms with Gasteiger partial charge in [0.15, 0.2) is 12.1 Å². The van der Waals surface area contributed by atoms with Gasteiger partial charge in [0, 0.05) is 18.9 Å². The van der Waals surface area contributed by atoms with Gasteiger partial charge in [0.1, 0.15) is 24.4 Å². The van der Waals surface area contributed by atoms with Crippen LogP contribution in [0, 0.1) is 11.8 Å². The molecule has 0 unspecified atom stereocenters. The second-order valence-electron chi connectivity index (χ2n) is 16.6. The third-order valence-corrected chi connectivity index (χ3v) is 11.5. The van der Waals surface area contributed by atoms with Crippen molar-refractivity contribution in [3.63, 3.8) is 0 Å². The number of carboxylic acids is 1. The van der Waals surface area contributed by atoms with Gasteiger partial charge in [-0.25, -0.2) is 0 Å². The predicted octanol–water partition coefficient (Wildman–Crippen LogP) is 3.58. The van der Waals surface area contributed by atoms with E-state index in [9.17, 15) is 39.6 Å². The molecule has 1 aliphatic rings. The van der Waals surface area contributed by atoms with Crippen LogP contribution in [0.4, 0.5) is 0 Å². The molecule has 0 spiro atoms. The number of unbranched alkanes of at least 4 members (excludes halogenated alkanes) is 22. The van der Waals surface area contributed by atoms with Crippen molar-refractivity contribution in [3.05, 3.63) is 0 Å². The summed E-state index contributed by atoms with van der Waals surface area (Å²) in [5.41, 5.74) is 0. The molecular weight excluding hydrogens is 751 g/mol. The van der Waals surface area contributed by atoms with Crippen molar-refractivity contribution in [3.8, 4) is 0 Å². The molecule has 13 heteroatoms. The van der Waals surface area contributed by atoms with Crippen LogP contribution in [0.3, 0.4) is 0 Å². The van der Waals surface area contributed by atoms with E-state index < -0.39 is 73.4 Å². The number of carbonyl (C=O) groups excluding carboxylic acids is 4. The maximum atomic E-state index is 14.0. The first-order valence-corrected chi connectivity index (χ1v) is 23.0. The van der Waals surface area contributed by atoms with Gasteiger partial charge in [0.25, 0.3) is 0 Å². The van der Waals surface area contributed by atoms with Crippen molar-refractivity contribution in [2.24, 2.45) is 11.8 Å². The molecule has 12 nitrogen and oxygen atoms in total. The van der Waals surface area contributed by atoms with E-state index in [0.717, 1.165) is 38.5 Å². The van der Waals surface area contributed by atoms with E-state index in [-0.39, 0.29) is 47.8 Å². The largest absolute Gasteiger partial charge is 1.00 e. The van der Waals surface area contributed by atoms with Crippen molar-refractivity contribution in [1.29, 1.82) is 0 Å². The first-order valence-electron chi connectivity index (χ1n) is 23.0. The Morgan fingerprint density at radius 1 is 0.655 bits per heavy atom. The molecule has 0 aromatic heterocycles. The van der Waals surface area contributed by atoms with Gasteiger partial charge in [-0.05, 0) is 32.6 Å². The molecule has 1 saturated heterocycles. The summed E-state index contributed by atoms with van der Waals surface area (Å²) < 4.78 is 11.3. The summed E-state index contributed by atoms with van der Waals surface area (Å²) >= 11 is 0. The van der Waals surface area contributed by atoms with Crippen molar-refractivity contribution >= 4 is 23.6 Å². The van der Waals surface area contributed by atoms with Gasteiger partial charge in [0.05, 0.1) is 18.6 Å². The number of amides is 2. The molecule has 1 aliphatic heterocycles. The van der Waals surface area contributed by atoms with Crippen molar-refractivity contribution < 1.29 is 78.6 Å². The first-order chi connectivity index (χ1) is 27.5. The summed E-state index contributed by atoms with van der Waals surface area (Å²) in [6, 6.07) is -1.37. The van der Waals surface area contributed by atoms with E-state index in [1.54, 1.807) is 0 Å². The van der Waals surface area contributed by atoms with Crippen LogP contribution in [0.2, 0.25) is 0 Å². The first kappa shape index (κ1) is 56.9. The fourth-order valence-corrected chi connectivity index (χ4v) is 7.84. The average molecular weight is 835 g/mol. The minimum atomic E-state index is -1.53. The molecule has 0 saturated carbocycles. The Hall–Kier alpha value is -1.12. The van der Waals surface area contributed by atoms with Crippen LogP contribution in [0.1, 0.15) is 201 Å². The van der Waals surface area contributed by atoms with Gasteiger partial charge in [0.2, 0.25) is 11.8 Å². The van der Waals surface area contributed by atoms with Crippen LogP contribution >= 0.6 is 0 Å². The summed E-state index contributed by atoms with van der Waals surface area (Å²) in [4.78, 5) is 52.1. The fraction of sp³-hybridized carbons (Fsp3) is 0.911. The second-order valence-corrected chi connectivity index (χ2v) is 16.6. The quantitative estimate of drug-likeness (QED) is 0.0349. The van der Waals surface area contributed by atoms with Crippen LogP contribution in [0.5, 0.6) is 0 Å². The number of ether oxygens (including phenoxy) is 2. The molecular formula is C45H83N2NaO10. The zero-order valence-electron chi connectivity index (χ0n) is 37.3. The maximum Gasteiger partial charge on any atom is 1.00 e. The minimum absolute atomic E-state index is 0. The van der Waals surface area contributed by atoms with E-state index in [1.165, 1.54) is 130 Å². The Morgan fingerprint density at radius 3 is 1.43 bits per heavy atom. The SMILES string of the molecule is CCCCCCCCCCCCCCC(CCCCCCCCCCCCCC)C(=O)N[C@H](CO[C@@H]1O[C@H]([C@H](C)O)[C@@H](O)[C@@H]1O)C(=O)[C@@H](CCC(=O)[O-])C(=O)NC.[Na+]. The standard InChI is InChI=1S/C45H84N2O10.Na/c1-5-7-9-11-13-15-17-19-21-23-25-27-29-35(30-28-26-24-22-20-18-16-14-12-10-8-6-2)43(54)47-37(39(51)36(44(55)46-4)31-32-38(49)50)33-56-45-41(53)40(52)42(57-45)34(3)48;/h34-37,40-42,45,48,52-53H,5-33H2,1-4H3,(H,46,55)(H,47,54)(H,49,50);/q;+1/p-1/t34-,36+,37+,40-,41-,42+,45+;/m0./s1. The number of hydrogen-bond acceptors (Lipinski definition) is 10. The van der Waals surface area contributed by atoms with E-state index in [4.69, 9.17) is 9.47 Å². The summed E-state index contributed by atoms with van der Waals surface area (Å²) in [5.74, 6) is -4.97. The van der Waals surface area contributed by atoms with Crippen LogP contribution in [0.15, 0.2) is 0 Å². The van der Waals surface area contributed by atoms with Gasteiger partial charge >= 0.3 is 29.6 Å². The monoisotopic (exact) mass is 835 g/mol. The zero-order chi connectivity index (χ0) is 42.3. The molecule has 0 aromatic rings. The molecule has 1 fully saturated rings. The molecule has 0 aromatic carbocycles. The number of aliphatic hydroxyl groups is 3. The van der Waals surface area contributed by atoms with E-state index in [2.05, 4.69) is 24.5 Å². The van der Waals surface area contributed by atoms with Gasteiger partial charge < -0.3 is 45.3 Å². The van der Waals surface area contributed by atoms with Crippen molar-refractivity contribution in [2.45, 2.75) is 237 Å². The molecule has 2 amide bonds. The third-order valence-electron chi connectivity index (χ3n) is 11.5. The van der Waals surface area contributed by atoms with Crippen molar-refractivity contribution in [1.82, 2.24) is 10.6 Å². The second kappa shape index (κ2) is 36.5. The summed E-state index contributed by atoms with van der Waals surface area (Å²) in [6.07, 6.45) is 22.7. The topological polar surface area (TPSA) is 195 Å². The molecule has 0 aliphatic carbocycles. The number of ketones is 1. The normalized spacial score (nSPS) is 19.4. The third kappa shape index (κ3) is 25.6. The van der Waals surface area contributed by atoms with Gasteiger partial charge in [-0.2, -0.15) is 0 Å². The summed E-state index contributed by atoms with van der Waals surface area (Å²) in [7, 11) is 1.34. The van der Waals surface area contributed by atoms with Crippen LogP contribution in [-0.4, -0.2) is 89.3 Å². The smallest absolute Gasteiger partial charge is 0.550 e. The van der Waals surface area contributed by atoms with Crippen LogP contribution < -0.4 is 45.3 Å². The number of carboxylic acid groups (broad SMARTS) is 1. The Balaban J connectivity index is 0.0000325. The molecule has 1 rings (SSSR count). The number of nitrogens with one attached hydrogen (secondary N) is 2. The Labute approximate surface area is 373 Å². The minimum Gasteiger partial charge on any atom is -0.550 e. The van der Waals surface area contributed by atoms with Gasteiger partial charge in [-0.15, -0.1) is 0 Å². The van der Waals surface area contributed by atoms with Crippen molar-refractivity contribution in [2.75, 3.05) is 13.7 Å². The molecule has 1 heterocycles. The Bertz CT molecular complexity index is 1040. The Morgan fingerprint density at radius 2 is 1.07 bits per heavy atom. The van der Waals surface area contributed by atoms with E-state index in [0.29, 0.717) is 12.8 Å². The van der Waals surface area contributed by atoms with Crippen LogP contribution in [0.25, 0.3) is 0 Å².